The summed E-state index contributed by atoms with van der Waals surface area (Å²) in [5, 5.41) is 10.4. The van der Waals surface area contributed by atoms with E-state index in [0.717, 1.165) is 24.3 Å². The number of carbonyl (C=O) groups is 1. The number of ether oxygens (including phenoxy) is 1. The molecule has 1 aliphatic carbocycles. The van der Waals surface area contributed by atoms with Gasteiger partial charge in [0.25, 0.3) is 0 Å². The molecule has 0 radical (unpaired) electrons. The molecule has 2 saturated heterocycles. The predicted molar refractivity (Wildman–Crippen MR) is 103 cm³/mol. The molecule has 2 aromatic carbocycles. The Labute approximate surface area is 159 Å². The Bertz CT molecular complexity index is 906. The highest BCUT2D eigenvalue weighted by Gasteiger charge is 2.64. The zero-order valence-electron chi connectivity index (χ0n) is 15.8. The molecule has 2 aromatic rings. The summed E-state index contributed by atoms with van der Waals surface area (Å²) in [5.41, 5.74) is 4.03. The first-order chi connectivity index (χ1) is 13.0. The molecule has 4 heteroatoms. The first kappa shape index (κ1) is 16.8. The van der Waals surface area contributed by atoms with Gasteiger partial charge in [0.15, 0.2) is 0 Å². The van der Waals surface area contributed by atoms with Gasteiger partial charge in [0.2, 0.25) is 0 Å². The maximum Gasteiger partial charge on any atom is 0.311 e. The van der Waals surface area contributed by atoms with E-state index < -0.39 is 11.4 Å². The Morgan fingerprint density at radius 1 is 1.22 bits per heavy atom. The van der Waals surface area contributed by atoms with Crippen molar-refractivity contribution in [2.45, 2.75) is 31.7 Å². The minimum absolute atomic E-state index is 0.0934. The number of aryl methyl sites for hydroxylation is 1. The quantitative estimate of drug-likeness (QED) is 0.907. The third kappa shape index (κ3) is 2.23. The number of benzene rings is 2. The van der Waals surface area contributed by atoms with Gasteiger partial charge < -0.3 is 9.84 Å². The molecule has 3 aliphatic rings. The normalized spacial score (nSPS) is 31.4. The van der Waals surface area contributed by atoms with E-state index in [0.29, 0.717) is 19.0 Å². The Hall–Kier alpha value is -2.33. The number of rotatable bonds is 3. The van der Waals surface area contributed by atoms with Gasteiger partial charge in [-0.05, 0) is 49.1 Å². The summed E-state index contributed by atoms with van der Waals surface area (Å²) < 4.78 is 5.65. The molecule has 2 heterocycles. The standard InChI is InChI=1S/C23H25NO3/c1-14-6-8-15(9-7-14)20-16-4-3-5-19(27-2)17(16)12-23(22(25)26)13-24-11-10-18(24)21(20)23/h3-9,18,20-21H,10-13H2,1-2H3,(H,25,26). The van der Waals surface area contributed by atoms with Gasteiger partial charge in [-0.3, -0.25) is 9.69 Å². The van der Waals surface area contributed by atoms with Crippen LogP contribution in [0.4, 0.5) is 0 Å². The van der Waals surface area contributed by atoms with Gasteiger partial charge in [-0.2, -0.15) is 0 Å². The SMILES string of the molecule is COc1cccc2c1CC1(C(=O)O)CN3CCC3C1C2c1ccc(C)cc1. The summed E-state index contributed by atoms with van der Waals surface area (Å²) in [5.74, 6) is 0.357. The summed E-state index contributed by atoms with van der Waals surface area (Å²) in [6, 6.07) is 15.2. The van der Waals surface area contributed by atoms with E-state index in [1.54, 1.807) is 7.11 Å². The molecular weight excluding hydrogens is 338 g/mol. The number of hydrogen-bond acceptors (Lipinski definition) is 3. The van der Waals surface area contributed by atoms with Crippen LogP contribution in [0.1, 0.15) is 34.6 Å². The van der Waals surface area contributed by atoms with Crippen molar-refractivity contribution in [1.82, 2.24) is 4.90 Å². The topological polar surface area (TPSA) is 49.8 Å². The van der Waals surface area contributed by atoms with E-state index in [1.165, 1.54) is 16.7 Å². The number of fused-ring (bicyclic) bond motifs is 4. The second kappa shape index (κ2) is 5.83. The van der Waals surface area contributed by atoms with Crippen molar-refractivity contribution in [2.24, 2.45) is 11.3 Å². The Morgan fingerprint density at radius 3 is 2.63 bits per heavy atom. The monoisotopic (exact) mass is 363 g/mol. The molecule has 2 fully saturated rings. The smallest absolute Gasteiger partial charge is 0.311 e. The second-order valence-electron chi connectivity index (χ2n) is 8.41. The molecule has 0 saturated carbocycles. The van der Waals surface area contributed by atoms with Crippen LogP contribution in [0.5, 0.6) is 5.75 Å². The number of hydrogen-bond donors (Lipinski definition) is 1. The zero-order chi connectivity index (χ0) is 18.8. The van der Waals surface area contributed by atoms with E-state index in [2.05, 4.69) is 42.2 Å². The van der Waals surface area contributed by atoms with Crippen LogP contribution < -0.4 is 4.74 Å². The first-order valence-electron chi connectivity index (χ1n) is 9.75. The highest BCUT2D eigenvalue weighted by molar-refractivity contribution is 5.79. The molecule has 140 valence electrons. The molecule has 0 bridgehead atoms. The molecule has 4 atom stereocenters. The van der Waals surface area contributed by atoms with Gasteiger partial charge >= 0.3 is 5.97 Å². The average Bonchev–Trinajstić information content (AvgIpc) is 2.88. The lowest BCUT2D eigenvalue weighted by atomic mass is 9.57. The van der Waals surface area contributed by atoms with Gasteiger partial charge in [-0.25, -0.2) is 0 Å². The fourth-order valence-corrected chi connectivity index (χ4v) is 5.82. The molecule has 0 amide bonds. The molecule has 4 nitrogen and oxygen atoms in total. The Balaban J connectivity index is 1.76. The number of carboxylic acid groups (broad SMARTS) is 1. The summed E-state index contributed by atoms with van der Waals surface area (Å²) in [7, 11) is 1.68. The van der Waals surface area contributed by atoms with Crippen molar-refractivity contribution < 1.29 is 14.6 Å². The van der Waals surface area contributed by atoms with Crippen molar-refractivity contribution in [1.29, 1.82) is 0 Å². The highest BCUT2D eigenvalue weighted by Crippen LogP contribution is 2.60. The van der Waals surface area contributed by atoms with Crippen molar-refractivity contribution in [3.63, 3.8) is 0 Å². The fraction of sp³-hybridized carbons (Fsp3) is 0.435. The van der Waals surface area contributed by atoms with Crippen molar-refractivity contribution in [3.8, 4) is 5.75 Å². The Morgan fingerprint density at radius 2 is 2.00 bits per heavy atom. The summed E-state index contributed by atoms with van der Waals surface area (Å²) in [4.78, 5) is 15.0. The van der Waals surface area contributed by atoms with Crippen molar-refractivity contribution >= 4 is 5.97 Å². The molecular formula is C23H25NO3. The molecule has 2 aliphatic heterocycles. The van der Waals surface area contributed by atoms with E-state index in [-0.39, 0.29) is 11.8 Å². The van der Waals surface area contributed by atoms with Gasteiger partial charge in [-0.1, -0.05) is 42.0 Å². The van der Waals surface area contributed by atoms with Crippen LogP contribution in [0.3, 0.4) is 0 Å². The average molecular weight is 363 g/mol. The van der Waals surface area contributed by atoms with Crippen LogP contribution in [-0.4, -0.2) is 42.2 Å². The number of carboxylic acids is 1. The van der Waals surface area contributed by atoms with E-state index >= 15 is 0 Å². The molecule has 4 unspecified atom stereocenters. The van der Waals surface area contributed by atoms with Gasteiger partial charge in [-0.15, -0.1) is 0 Å². The predicted octanol–water partition coefficient (Wildman–Crippen LogP) is 3.47. The zero-order valence-corrected chi connectivity index (χ0v) is 15.8. The van der Waals surface area contributed by atoms with Crippen LogP contribution >= 0.6 is 0 Å². The fourth-order valence-electron chi connectivity index (χ4n) is 5.82. The third-order valence-corrected chi connectivity index (χ3v) is 7.16. The largest absolute Gasteiger partial charge is 0.496 e. The minimum atomic E-state index is -0.738. The second-order valence-corrected chi connectivity index (χ2v) is 8.41. The maximum absolute atomic E-state index is 12.6. The first-order valence-corrected chi connectivity index (χ1v) is 9.75. The van der Waals surface area contributed by atoms with Crippen LogP contribution in [0.2, 0.25) is 0 Å². The third-order valence-electron chi connectivity index (χ3n) is 7.16. The lowest BCUT2D eigenvalue weighted by molar-refractivity contribution is -0.151. The number of methoxy groups -OCH3 is 1. The molecule has 0 spiro atoms. The van der Waals surface area contributed by atoms with Gasteiger partial charge in [0, 0.05) is 24.4 Å². The molecule has 1 N–H and O–H groups in total. The summed E-state index contributed by atoms with van der Waals surface area (Å²) in [6.45, 7) is 3.76. The molecule has 27 heavy (non-hydrogen) atoms. The number of nitrogens with zero attached hydrogens (tertiary/aromatic N) is 1. The van der Waals surface area contributed by atoms with E-state index in [9.17, 15) is 9.90 Å². The number of aliphatic carboxylic acids is 1. The van der Waals surface area contributed by atoms with Crippen LogP contribution in [0.15, 0.2) is 42.5 Å². The van der Waals surface area contributed by atoms with Crippen LogP contribution in [0, 0.1) is 18.3 Å². The Kier molecular flexibility index (Phi) is 3.63. The maximum atomic E-state index is 12.6. The van der Waals surface area contributed by atoms with E-state index in [4.69, 9.17) is 4.74 Å². The lowest BCUT2D eigenvalue weighted by Crippen LogP contribution is -2.49. The highest BCUT2D eigenvalue weighted by atomic mass is 16.5. The minimum Gasteiger partial charge on any atom is -0.496 e. The van der Waals surface area contributed by atoms with Gasteiger partial charge in [0.05, 0.1) is 12.5 Å². The summed E-state index contributed by atoms with van der Waals surface area (Å²) in [6.07, 6.45) is 1.66. The van der Waals surface area contributed by atoms with Crippen LogP contribution in [-0.2, 0) is 11.2 Å². The van der Waals surface area contributed by atoms with Crippen molar-refractivity contribution in [3.05, 3.63) is 64.7 Å². The van der Waals surface area contributed by atoms with E-state index in [1.807, 2.05) is 12.1 Å². The van der Waals surface area contributed by atoms with Gasteiger partial charge in [0.1, 0.15) is 5.75 Å². The lowest BCUT2D eigenvalue weighted by Gasteiger charge is -2.46. The summed E-state index contributed by atoms with van der Waals surface area (Å²) >= 11 is 0. The molecule has 0 aromatic heterocycles. The molecule has 5 rings (SSSR count). The van der Waals surface area contributed by atoms with Crippen molar-refractivity contribution in [2.75, 3.05) is 20.2 Å². The van der Waals surface area contributed by atoms with Crippen LogP contribution in [0.25, 0.3) is 0 Å².